The van der Waals surface area contributed by atoms with Gasteiger partial charge in [-0.2, -0.15) is 4.31 Å². The maximum Gasteiger partial charge on any atom is 0.481 e. The normalized spacial score (nSPS) is 20.3. The summed E-state index contributed by atoms with van der Waals surface area (Å²) in [5.74, 6) is -1.94. The van der Waals surface area contributed by atoms with Crippen LogP contribution in [0.5, 0.6) is 0 Å². The SMILES string of the molecule is CC(O)(CCOP(=O)(O)OP(=O)(O)O)C(F)C(=O)O. The Bertz CT molecular complexity index is 416. The first-order valence-corrected chi connectivity index (χ1v) is 7.63. The highest BCUT2D eigenvalue weighted by Gasteiger charge is 2.39. The van der Waals surface area contributed by atoms with Crippen LogP contribution in [0.3, 0.4) is 0 Å². The molecule has 10 nitrogen and oxygen atoms in total. The first-order chi connectivity index (χ1) is 8.27. The Morgan fingerprint density at radius 1 is 1.37 bits per heavy atom. The van der Waals surface area contributed by atoms with Gasteiger partial charge in [0.2, 0.25) is 6.17 Å². The van der Waals surface area contributed by atoms with E-state index in [0.29, 0.717) is 0 Å². The van der Waals surface area contributed by atoms with Crippen molar-refractivity contribution in [1.82, 2.24) is 0 Å². The molecule has 5 N–H and O–H groups in total. The highest BCUT2D eigenvalue weighted by Crippen LogP contribution is 2.57. The molecule has 0 spiro atoms. The van der Waals surface area contributed by atoms with Crippen molar-refractivity contribution >= 4 is 21.6 Å². The van der Waals surface area contributed by atoms with E-state index in [1.165, 1.54) is 0 Å². The van der Waals surface area contributed by atoms with Crippen LogP contribution >= 0.6 is 15.6 Å². The average Bonchev–Trinajstić information content (AvgIpc) is 2.11. The van der Waals surface area contributed by atoms with Crippen LogP contribution in [0, 0.1) is 0 Å². The first kappa shape index (κ1) is 18.6. The number of hydrogen-bond acceptors (Lipinski definition) is 6. The van der Waals surface area contributed by atoms with Gasteiger partial charge < -0.3 is 24.9 Å². The van der Waals surface area contributed by atoms with Gasteiger partial charge in [0, 0.05) is 6.42 Å². The third-order valence-electron chi connectivity index (χ3n) is 1.83. The lowest BCUT2D eigenvalue weighted by molar-refractivity contribution is -0.153. The maximum absolute atomic E-state index is 13.0. The van der Waals surface area contributed by atoms with E-state index in [4.69, 9.17) is 19.8 Å². The number of aliphatic carboxylic acids is 1. The van der Waals surface area contributed by atoms with E-state index < -0.39 is 46.4 Å². The molecular formula is C6H13FO10P2. The first-order valence-electron chi connectivity index (χ1n) is 4.60. The second-order valence-electron chi connectivity index (χ2n) is 3.68. The molecule has 0 aromatic rings. The monoisotopic (exact) mass is 326 g/mol. The molecular weight excluding hydrogens is 313 g/mol. The Hall–Kier alpha value is -0.380. The molecule has 3 atom stereocenters. The summed E-state index contributed by atoms with van der Waals surface area (Å²) in [6.45, 7) is -0.0598. The van der Waals surface area contributed by atoms with E-state index in [-0.39, 0.29) is 0 Å². The van der Waals surface area contributed by atoms with E-state index in [0.717, 1.165) is 6.92 Å². The van der Waals surface area contributed by atoms with Crippen LogP contribution in [-0.4, -0.2) is 49.2 Å². The summed E-state index contributed by atoms with van der Waals surface area (Å²) in [5.41, 5.74) is -2.39. The van der Waals surface area contributed by atoms with E-state index in [1.807, 2.05) is 0 Å². The largest absolute Gasteiger partial charge is 0.481 e. The number of rotatable bonds is 8. The number of carboxylic acids is 1. The number of hydrogen-bond donors (Lipinski definition) is 5. The Balaban J connectivity index is 4.41. The number of aliphatic hydroxyl groups is 1. The van der Waals surface area contributed by atoms with Crippen molar-refractivity contribution in [2.24, 2.45) is 0 Å². The van der Waals surface area contributed by atoms with Crippen molar-refractivity contribution in [3.05, 3.63) is 0 Å². The number of carbonyl (C=O) groups is 1. The topological polar surface area (TPSA) is 171 Å². The fourth-order valence-electron chi connectivity index (χ4n) is 0.918. The summed E-state index contributed by atoms with van der Waals surface area (Å²) >= 11 is 0. The smallest absolute Gasteiger partial charge is 0.479 e. The minimum absolute atomic E-state index is 0.727. The standard InChI is InChI=1S/C6H13FO10P2/c1-6(10,4(7)5(8)9)2-3-16-19(14,15)17-18(11,12)13/h4,10H,2-3H2,1H3,(H,8,9)(H,14,15)(H2,11,12,13). The number of halogens is 1. The van der Waals surface area contributed by atoms with Crippen molar-refractivity contribution in [3.63, 3.8) is 0 Å². The third-order valence-corrected chi connectivity index (χ3v) is 4.02. The van der Waals surface area contributed by atoms with Gasteiger partial charge in [-0.1, -0.05) is 0 Å². The summed E-state index contributed by atoms with van der Waals surface area (Å²) in [6, 6.07) is 0. The fraction of sp³-hybridized carbons (Fsp3) is 0.833. The highest BCUT2D eigenvalue weighted by atomic mass is 31.3. The van der Waals surface area contributed by atoms with E-state index >= 15 is 0 Å². The van der Waals surface area contributed by atoms with Gasteiger partial charge in [-0.3, -0.25) is 4.52 Å². The fourth-order valence-corrected chi connectivity index (χ4v) is 2.50. The zero-order valence-electron chi connectivity index (χ0n) is 9.54. The van der Waals surface area contributed by atoms with Crippen LogP contribution < -0.4 is 0 Å². The van der Waals surface area contributed by atoms with Crippen molar-refractivity contribution < 1.29 is 52.0 Å². The predicted molar refractivity (Wildman–Crippen MR) is 56.7 cm³/mol. The minimum Gasteiger partial charge on any atom is -0.479 e. The van der Waals surface area contributed by atoms with Crippen molar-refractivity contribution in [2.75, 3.05) is 6.61 Å². The van der Waals surface area contributed by atoms with Crippen LogP contribution in [0.15, 0.2) is 0 Å². The molecule has 0 fully saturated rings. The number of phosphoric ester groups is 1. The lowest BCUT2D eigenvalue weighted by Crippen LogP contribution is -2.42. The van der Waals surface area contributed by atoms with E-state index in [1.54, 1.807) is 0 Å². The second kappa shape index (κ2) is 6.38. The Labute approximate surface area is 106 Å². The molecule has 0 aliphatic heterocycles. The van der Waals surface area contributed by atoms with Crippen LogP contribution in [-0.2, 0) is 22.8 Å². The maximum atomic E-state index is 13.0. The lowest BCUT2D eigenvalue weighted by atomic mass is 9.97. The molecule has 0 amide bonds. The predicted octanol–water partition coefficient (Wildman–Crippen LogP) is -0.224. The van der Waals surface area contributed by atoms with Crippen molar-refractivity contribution in [1.29, 1.82) is 0 Å². The zero-order valence-corrected chi connectivity index (χ0v) is 11.3. The van der Waals surface area contributed by atoms with E-state index in [2.05, 4.69) is 8.83 Å². The van der Waals surface area contributed by atoms with Gasteiger partial charge in [-0.15, -0.1) is 0 Å². The molecule has 0 saturated heterocycles. The van der Waals surface area contributed by atoms with Gasteiger partial charge in [0.1, 0.15) is 5.60 Å². The third kappa shape index (κ3) is 7.71. The van der Waals surface area contributed by atoms with Gasteiger partial charge in [0.15, 0.2) is 0 Å². The Morgan fingerprint density at radius 2 is 1.84 bits per heavy atom. The molecule has 0 aliphatic carbocycles. The van der Waals surface area contributed by atoms with Crippen LogP contribution in [0.4, 0.5) is 4.39 Å². The molecule has 0 rings (SSSR count). The summed E-state index contributed by atoms with van der Waals surface area (Å²) in [7, 11) is -10.4. The molecule has 0 bridgehead atoms. The molecule has 0 aliphatic rings. The molecule has 0 aromatic carbocycles. The summed E-state index contributed by atoms with van der Waals surface area (Å²) in [6.07, 6.45) is -3.40. The number of carboxylic acid groups (broad SMARTS) is 1. The minimum atomic E-state index is -5.27. The van der Waals surface area contributed by atoms with E-state index in [9.17, 15) is 23.4 Å². The Kier molecular flexibility index (Phi) is 6.25. The lowest BCUT2D eigenvalue weighted by Gasteiger charge is -2.24. The molecule has 0 radical (unpaired) electrons. The molecule has 114 valence electrons. The van der Waals surface area contributed by atoms with Gasteiger partial charge in [0.25, 0.3) is 0 Å². The molecule has 0 saturated carbocycles. The van der Waals surface area contributed by atoms with Crippen LogP contribution in [0.1, 0.15) is 13.3 Å². The molecule has 3 unspecified atom stereocenters. The van der Waals surface area contributed by atoms with Crippen LogP contribution in [0.25, 0.3) is 0 Å². The average molecular weight is 326 g/mol. The van der Waals surface area contributed by atoms with Gasteiger partial charge in [0.05, 0.1) is 6.61 Å². The van der Waals surface area contributed by atoms with Crippen molar-refractivity contribution in [2.45, 2.75) is 25.1 Å². The second-order valence-corrected chi connectivity index (χ2v) is 6.51. The molecule has 13 heteroatoms. The molecule has 0 aromatic heterocycles. The van der Waals surface area contributed by atoms with Crippen LogP contribution in [0.2, 0.25) is 0 Å². The highest BCUT2D eigenvalue weighted by molar-refractivity contribution is 7.60. The molecule has 19 heavy (non-hydrogen) atoms. The quantitative estimate of drug-likeness (QED) is 0.375. The van der Waals surface area contributed by atoms with Gasteiger partial charge in [-0.05, 0) is 6.92 Å². The van der Waals surface area contributed by atoms with Crippen molar-refractivity contribution in [3.8, 4) is 0 Å². The number of phosphoric acid groups is 2. The Morgan fingerprint density at radius 3 is 2.21 bits per heavy atom. The molecule has 0 heterocycles. The summed E-state index contributed by atoms with van der Waals surface area (Å²) in [5, 5.41) is 17.7. The van der Waals surface area contributed by atoms with Gasteiger partial charge in [-0.25, -0.2) is 18.3 Å². The van der Waals surface area contributed by atoms with Gasteiger partial charge >= 0.3 is 21.6 Å². The number of alkyl halides is 1. The summed E-state index contributed by atoms with van der Waals surface area (Å²) < 4.78 is 41.7. The zero-order chi connectivity index (χ0) is 15.5. The summed E-state index contributed by atoms with van der Waals surface area (Å²) in [4.78, 5) is 35.6.